The molecule has 0 atom stereocenters. The van der Waals surface area contributed by atoms with Gasteiger partial charge in [0.1, 0.15) is 18.1 Å². The zero-order valence-corrected chi connectivity index (χ0v) is 16.1. The van der Waals surface area contributed by atoms with Crippen LogP contribution in [0.25, 0.3) is 0 Å². The van der Waals surface area contributed by atoms with Gasteiger partial charge in [-0.15, -0.1) is 11.3 Å². The van der Waals surface area contributed by atoms with E-state index < -0.39 is 0 Å². The number of hydrogen-bond acceptors (Lipinski definition) is 6. The number of carbonyl (C=O) groups excluding carboxylic acids is 1. The Kier molecular flexibility index (Phi) is 4.94. The Morgan fingerprint density at radius 2 is 2.07 bits per heavy atom. The largest absolute Gasteiger partial charge is 0.489 e. The van der Waals surface area contributed by atoms with Crippen molar-refractivity contribution in [2.75, 3.05) is 5.32 Å². The van der Waals surface area contributed by atoms with Gasteiger partial charge in [-0.25, -0.2) is 4.98 Å². The number of amides is 1. The van der Waals surface area contributed by atoms with Crippen molar-refractivity contribution in [1.29, 1.82) is 0 Å². The Bertz CT molecular complexity index is 922. The fourth-order valence-corrected chi connectivity index (χ4v) is 3.63. The number of carbonyl (C=O) groups is 1. The van der Waals surface area contributed by atoms with E-state index in [0.717, 1.165) is 34.0 Å². The van der Waals surface area contributed by atoms with Crippen LogP contribution in [-0.4, -0.2) is 16.0 Å². The van der Waals surface area contributed by atoms with Gasteiger partial charge >= 0.3 is 0 Å². The molecule has 0 bridgehead atoms. The molecule has 4 rings (SSSR count). The third kappa shape index (κ3) is 4.36. The molecule has 2 heterocycles. The molecule has 1 aliphatic carbocycles. The second kappa shape index (κ2) is 7.52. The molecule has 6 nitrogen and oxygen atoms in total. The van der Waals surface area contributed by atoms with Gasteiger partial charge in [0.15, 0.2) is 5.13 Å². The molecule has 1 N–H and O–H groups in total. The molecule has 2 aromatic heterocycles. The molecule has 0 spiro atoms. The lowest BCUT2D eigenvalue weighted by Crippen LogP contribution is -2.14. The number of ether oxygens (including phenoxy) is 1. The molecule has 1 fully saturated rings. The van der Waals surface area contributed by atoms with Crippen LogP contribution in [-0.2, 0) is 17.8 Å². The average molecular weight is 383 g/mol. The maximum atomic E-state index is 12.2. The molecule has 27 heavy (non-hydrogen) atoms. The summed E-state index contributed by atoms with van der Waals surface area (Å²) >= 11 is 1.49. The standard InChI is InChI=1S/C20H21N3O3S/c1-12-17(13(2)26-23-12)10-25-16-7-3-14(4-8-16)9-19(24)22-20-21-18(11-27-20)15-5-6-15/h3-4,7-8,11,15H,5-6,9-10H2,1-2H3,(H,21,22,24). The molecular formula is C20H21N3O3S. The third-order valence-corrected chi connectivity index (χ3v) is 5.39. The van der Waals surface area contributed by atoms with E-state index in [4.69, 9.17) is 9.26 Å². The fourth-order valence-electron chi connectivity index (χ4n) is 2.83. The van der Waals surface area contributed by atoms with E-state index >= 15 is 0 Å². The summed E-state index contributed by atoms with van der Waals surface area (Å²) in [6.45, 7) is 4.18. The quantitative estimate of drug-likeness (QED) is 0.655. The van der Waals surface area contributed by atoms with Crippen molar-refractivity contribution < 1.29 is 14.1 Å². The predicted molar refractivity (Wildman–Crippen MR) is 103 cm³/mol. The minimum absolute atomic E-state index is 0.0592. The number of anilines is 1. The predicted octanol–water partition coefficient (Wildman–Crippen LogP) is 4.39. The van der Waals surface area contributed by atoms with Crippen molar-refractivity contribution in [3.05, 3.63) is 57.9 Å². The Hall–Kier alpha value is -2.67. The molecule has 3 aromatic rings. The maximum Gasteiger partial charge on any atom is 0.230 e. The van der Waals surface area contributed by atoms with Crippen LogP contribution in [0.1, 0.15) is 47.0 Å². The molecule has 0 saturated heterocycles. The first-order valence-corrected chi connectivity index (χ1v) is 9.85. The molecule has 140 valence electrons. The molecule has 0 unspecified atom stereocenters. The monoisotopic (exact) mass is 383 g/mol. The summed E-state index contributed by atoms with van der Waals surface area (Å²) in [5.41, 5.74) is 3.84. The highest BCUT2D eigenvalue weighted by Gasteiger charge is 2.26. The van der Waals surface area contributed by atoms with Gasteiger partial charge in [-0.3, -0.25) is 4.79 Å². The van der Waals surface area contributed by atoms with E-state index in [1.807, 2.05) is 43.5 Å². The Morgan fingerprint density at radius 1 is 1.30 bits per heavy atom. The number of nitrogens with one attached hydrogen (secondary N) is 1. The van der Waals surface area contributed by atoms with Crippen LogP contribution in [0, 0.1) is 13.8 Å². The number of hydrogen-bond donors (Lipinski definition) is 1. The van der Waals surface area contributed by atoms with E-state index in [-0.39, 0.29) is 5.91 Å². The van der Waals surface area contributed by atoms with Crippen molar-refractivity contribution in [3.8, 4) is 5.75 Å². The number of benzene rings is 1. The first-order valence-electron chi connectivity index (χ1n) is 8.97. The van der Waals surface area contributed by atoms with Gasteiger partial charge in [-0.1, -0.05) is 17.3 Å². The molecule has 0 radical (unpaired) electrons. The van der Waals surface area contributed by atoms with Gasteiger partial charge in [0.05, 0.1) is 23.4 Å². The summed E-state index contributed by atoms with van der Waals surface area (Å²) in [7, 11) is 0. The Balaban J connectivity index is 1.29. The molecule has 1 amide bonds. The van der Waals surface area contributed by atoms with E-state index in [1.54, 1.807) is 0 Å². The van der Waals surface area contributed by atoms with Crippen LogP contribution in [0.15, 0.2) is 34.2 Å². The number of nitrogens with zero attached hydrogens (tertiary/aromatic N) is 2. The molecule has 1 saturated carbocycles. The Morgan fingerprint density at radius 3 is 2.74 bits per heavy atom. The lowest BCUT2D eigenvalue weighted by atomic mass is 10.1. The van der Waals surface area contributed by atoms with Crippen LogP contribution < -0.4 is 10.1 Å². The SMILES string of the molecule is Cc1noc(C)c1COc1ccc(CC(=O)Nc2nc(C3CC3)cs2)cc1. The van der Waals surface area contributed by atoms with Crippen LogP contribution in [0.5, 0.6) is 5.75 Å². The smallest absolute Gasteiger partial charge is 0.230 e. The minimum Gasteiger partial charge on any atom is -0.489 e. The number of thiazole rings is 1. The second-order valence-electron chi connectivity index (χ2n) is 6.81. The highest BCUT2D eigenvalue weighted by Crippen LogP contribution is 2.40. The van der Waals surface area contributed by atoms with E-state index in [9.17, 15) is 4.79 Å². The van der Waals surface area contributed by atoms with Crippen LogP contribution in [0.3, 0.4) is 0 Å². The molecule has 1 aromatic carbocycles. The summed E-state index contributed by atoms with van der Waals surface area (Å²) in [5.74, 6) is 2.06. The fraction of sp³-hybridized carbons (Fsp3) is 0.350. The van der Waals surface area contributed by atoms with Crippen molar-refractivity contribution in [2.45, 2.75) is 45.6 Å². The lowest BCUT2D eigenvalue weighted by molar-refractivity contribution is -0.115. The van der Waals surface area contributed by atoms with Crippen LogP contribution in [0.2, 0.25) is 0 Å². The van der Waals surface area contributed by atoms with Crippen molar-refractivity contribution in [3.63, 3.8) is 0 Å². The molecule has 7 heteroatoms. The number of rotatable bonds is 7. The summed E-state index contributed by atoms with van der Waals surface area (Å²) in [6.07, 6.45) is 2.73. The Labute approximate surface area is 161 Å². The van der Waals surface area contributed by atoms with Gasteiger partial charge in [-0.2, -0.15) is 0 Å². The second-order valence-corrected chi connectivity index (χ2v) is 7.67. The average Bonchev–Trinajstić information content (AvgIpc) is 3.32. The summed E-state index contributed by atoms with van der Waals surface area (Å²) in [5, 5.41) is 9.53. The van der Waals surface area contributed by atoms with Crippen LogP contribution in [0.4, 0.5) is 5.13 Å². The van der Waals surface area contributed by atoms with E-state index in [2.05, 4.69) is 15.5 Å². The highest BCUT2D eigenvalue weighted by atomic mass is 32.1. The van der Waals surface area contributed by atoms with Gasteiger partial charge in [-0.05, 0) is 44.4 Å². The first-order chi connectivity index (χ1) is 13.1. The van der Waals surface area contributed by atoms with Crippen molar-refractivity contribution in [1.82, 2.24) is 10.1 Å². The summed E-state index contributed by atoms with van der Waals surface area (Å²) < 4.78 is 10.9. The zero-order valence-electron chi connectivity index (χ0n) is 15.3. The first kappa shape index (κ1) is 17.7. The third-order valence-electron chi connectivity index (χ3n) is 4.62. The van der Waals surface area contributed by atoms with E-state index in [0.29, 0.717) is 24.1 Å². The lowest BCUT2D eigenvalue weighted by Gasteiger charge is -2.07. The van der Waals surface area contributed by atoms with E-state index in [1.165, 1.54) is 24.2 Å². The maximum absolute atomic E-state index is 12.2. The number of aryl methyl sites for hydroxylation is 2. The highest BCUT2D eigenvalue weighted by molar-refractivity contribution is 7.13. The van der Waals surface area contributed by atoms with Gasteiger partial charge < -0.3 is 14.6 Å². The summed E-state index contributed by atoms with van der Waals surface area (Å²) in [6, 6.07) is 7.55. The van der Waals surface area contributed by atoms with Crippen molar-refractivity contribution >= 4 is 22.4 Å². The van der Waals surface area contributed by atoms with Crippen molar-refractivity contribution in [2.24, 2.45) is 0 Å². The molecule has 1 aliphatic rings. The normalized spacial score (nSPS) is 13.6. The van der Waals surface area contributed by atoms with Crippen LogP contribution >= 0.6 is 11.3 Å². The topological polar surface area (TPSA) is 77.2 Å². The zero-order chi connectivity index (χ0) is 18.8. The summed E-state index contributed by atoms with van der Waals surface area (Å²) in [4.78, 5) is 16.7. The minimum atomic E-state index is -0.0592. The molecule has 0 aliphatic heterocycles. The van der Waals surface area contributed by atoms with Gasteiger partial charge in [0, 0.05) is 11.3 Å². The number of aromatic nitrogens is 2. The molecular weight excluding hydrogens is 362 g/mol. The van der Waals surface area contributed by atoms with Gasteiger partial charge in [0.2, 0.25) is 5.91 Å². The van der Waals surface area contributed by atoms with Gasteiger partial charge in [0.25, 0.3) is 0 Å².